The van der Waals surface area contributed by atoms with E-state index in [0.717, 1.165) is 36.7 Å². The van der Waals surface area contributed by atoms with Gasteiger partial charge in [-0.05, 0) is 45.1 Å². The second kappa shape index (κ2) is 7.25. The molecule has 0 aliphatic carbocycles. The number of hydrogen-bond acceptors (Lipinski definition) is 5. The van der Waals surface area contributed by atoms with Gasteiger partial charge < -0.3 is 10.1 Å². The van der Waals surface area contributed by atoms with Crippen LogP contribution in [-0.2, 0) is 4.74 Å². The largest absolute Gasteiger partial charge is 0.379 e. The highest BCUT2D eigenvalue weighted by molar-refractivity contribution is 7.10. The van der Waals surface area contributed by atoms with E-state index in [4.69, 9.17) is 10.00 Å². The van der Waals surface area contributed by atoms with Crippen LogP contribution in [0.5, 0.6) is 0 Å². The predicted octanol–water partition coefficient (Wildman–Crippen LogP) is 2.94. The molecule has 0 fully saturated rings. The highest BCUT2D eigenvalue weighted by Crippen LogP contribution is 2.23. The molecule has 0 amide bonds. The number of nitrogens with one attached hydrogen (secondary N) is 1. The molecule has 0 spiro atoms. The summed E-state index contributed by atoms with van der Waals surface area (Å²) >= 11 is 1.35. The van der Waals surface area contributed by atoms with E-state index in [1.807, 2.05) is 20.8 Å². The van der Waals surface area contributed by atoms with Gasteiger partial charge >= 0.3 is 0 Å². The lowest BCUT2D eigenvalue weighted by Gasteiger charge is -2.07. The van der Waals surface area contributed by atoms with Gasteiger partial charge in [0, 0.05) is 13.2 Å². The van der Waals surface area contributed by atoms with E-state index in [1.165, 1.54) is 11.5 Å². The number of hydrogen-bond donors (Lipinski definition) is 1. The van der Waals surface area contributed by atoms with Crippen LogP contribution in [0, 0.1) is 18.3 Å². The second-order valence-electron chi connectivity index (χ2n) is 4.14. The summed E-state index contributed by atoms with van der Waals surface area (Å²) in [5.74, 6) is 0. The second-order valence-corrected chi connectivity index (χ2v) is 4.91. The molecular formula is C12H19N3OS. The first kappa shape index (κ1) is 13.9. The fourth-order valence-electron chi connectivity index (χ4n) is 1.37. The van der Waals surface area contributed by atoms with Crippen molar-refractivity contribution in [2.24, 2.45) is 0 Å². The van der Waals surface area contributed by atoms with Crippen molar-refractivity contribution in [2.45, 2.75) is 39.7 Å². The molecule has 1 N–H and O–H groups in total. The van der Waals surface area contributed by atoms with Crippen LogP contribution in [0.1, 0.15) is 37.9 Å². The van der Waals surface area contributed by atoms with Crippen molar-refractivity contribution in [1.82, 2.24) is 4.37 Å². The van der Waals surface area contributed by atoms with Gasteiger partial charge in [-0.15, -0.1) is 0 Å². The maximum absolute atomic E-state index is 8.95. The van der Waals surface area contributed by atoms with Gasteiger partial charge in [-0.25, -0.2) is 0 Å². The first-order valence-electron chi connectivity index (χ1n) is 5.87. The van der Waals surface area contributed by atoms with Crippen LogP contribution in [0.25, 0.3) is 0 Å². The van der Waals surface area contributed by atoms with E-state index in [2.05, 4.69) is 15.8 Å². The van der Waals surface area contributed by atoms with Gasteiger partial charge in [-0.3, -0.25) is 0 Å². The summed E-state index contributed by atoms with van der Waals surface area (Å²) in [5.41, 5.74) is 1.48. The number of unbranched alkanes of at least 4 members (excludes halogenated alkanes) is 1. The van der Waals surface area contributed by atoms with Crippen molar-refractivity contribution in [3.05, 3.63) is 11.3 Å². The Morgan fingerprint density at radius 3 is 2.88 bits per heavy atom. The van der Waals surface area contributed by atoms with Crippen LogP contribution < -0.4 is 5.32 Å². The molecule has 0 aliphatic rings. The molecule has 0 saturated carbocycles. The molecule has 1 rings (SSSR count). The Morgan fingerprint density at radius 2 is 2.24 bits per heavy atom. The normalized spacial score (nSPS) is 10.5. The third-order valence-electron chi connectivity index (χ3n) is 2.28. The van der Waals surface area contributed by atoms with E-state index in [-0.39, 0.29) is 0 Å². The highest BCUT2D eigenvalue weighted by Gasteiger charge is 2.08. The molecule has 0 aliphatic heterocycles. The minimum atomic E-state index is 0.303. The van der Waals surface area contributed by atoms with Crippen LogP contribution >= 0.6 is 11.5 Å². The van der Waals surface area contributed by atoms with Crippen LogP contribution in [0.15, 0.2) is 0 Å². The molecule has 17 heavy (non-hydrogen) atoms. The fraction of sp³-hybridized carbons (Fsp3) is 0.667. The minimum absolute atomic E-state index is 0.303. The molecule has 0 unspecified atom stereocenters. The van der Waals surface area contributed by atoms with Gasteiger partial charge in [0.2, 0.25) is 0 Å². The summed E-state index contributed by atoms with van der Waals surface area (Å²) in [6.45, 7) is 7.59. The summed E-state index contributed by atoms with van der Waals surface area (Å²) in [6.07, 6.45) is 2.37. The lowest BCUT2D eigenvalue weighted by Crippen LogP contribution is -2.06. The third kappa shape index (κ3) is 4.72. The highest BCUT2D eigenvalue weighted by atomic mass is 32.1. The fourth-order valence-corrected chi connectivity index (χ4v) is 2.14. The molecule has 5 heteroatoms. The van der Waals surface area contributed by atoms with Gasteiger partial charge in [0.05, 0.1) is 11.8 Å². The summed E-state index contributed by atoms with van der Waals surface area (Å²) in [6, 6.07) is 2.17. The molecule has 0 atom stereocenters. The smallest absolute Gasteiger partial charge is 0.127 e. The quantitative estimate of drug-likeness (QED) is 0.759. The monoisotopic (exact) mass is 253 g/mol. The number of aryl methyl sites for hydroxylation is 1. The van der Waals surface area contributed by atoms with Gasteiger partial charge in [-0.2, -0.15) is 9.64 Å². The van der Waals surface area contributed by atoms with Crippen molar-refractivity contribution in [2.75, 3.05) is 18.5 Å². The first-order valence-corrected chi connectivity index (χ1v) is 6.64. The zero-order chi connectivity index (χ0) is 12.7. The number of anilines is 1. The molecule has 0 aromatic carbocycles. The number of rotatable bonds is 7. The van der Waals surface area contributed by atoms with Gasteiger partial charge in [0.15, 0.2) is 0 Å². The maximum Gasteiger partial charge on any atom is 0.127 e. The lowest BCUT2D eigenvalue weighted by atomic mass is 10.2. The Hall–Kier alpha value is -1.12. The molecule has 1 aromatic rings. The zero-order valence-corrected chi connectivity index (χ0v) is 11.4. The Kier molecular flexibility index (Phi) is 5.95. The maximum atomic E-state index is 8.95. The third-order valence-corrected chi connectivity index (χ3v) is 3.18. The molecule has 1 heterocycles. The van der Waals surface area contributed by atoms with Crippen molar-refractivity contribution in [1.29, 1.82) is 5.26 Å². The average Bonchev–Trinajstić information content (AvgIpc) is 2.63. The Bertz CT molecular complexity index is 382. The summed E-state index contributed by atoms with van der Waals surface area (Å²) < 4.78 is 9.61. The van der Waals surface area contributed by atoms with Crippen molar-refractivity contribution < 1.29 is 4.74 Å². The molecular weight excluding hydrogens is 234 g/mol. The molecule has 4 nitrogen and oxygen atoms in total. The number of nitriles is 1. The Balaban J connectivity index is 2.21. The van der Waals surface area contributed by atoms with Crippen LogP contribution in [-0.4, -0.2) is 23.6 Å². The molecule has 94 valence electrons. The van der Waals surface area contributed by atoms with Crippen LogP contribution in [0.3, 0.4) is 0 Å². The van der Waals surface area contributed by atoms with Crippen molar-refractivity contribution in [3.63, 3.8) is 0 Å². The zero-order valence-electron chi connectivity index (χ0n) is 10.6. The van der Waals surface area contributed by atoms with Crippen molar-refractivity contribution >= 4 is 16.5 Å². The SMILES string of the molecule is Cc1nsc(NCCCCOC(C)C)c1C#N. The predicted molar refractivity (Wildman–Crippen MR) is 70.4 cm³/mol. The molecule has 0 radical (unpaired) electrons. The minimum Gasteiger partial charge on any atom is -0.379 e. The van der Waals surface area contributed by atoms with Gasteiger partial charge in [0.25, 0.3) is 0 Å². The molecule has 0 bridgehead atoms. The summed E-state index contributed by atoms with van der Waals surface area (Å²) in [5, 5.41) is 13.1. The Morgan fingerprint density at radius 1 is 1.47 bits per heavy atom. The molecule has 1 aromatic heterocycles. The van der Waals surface area contributed by atoms with Gasteiger partial charge in [-0.1, -0.05) is 0 Å². The van der Waals surface area contributed by atoms with Crippen LogP contribution in [0.2, 0.25) is 0 Å². The van der Waals surface area contributed by atoms with Gasteiger partial charge in [0.1, 0.15) is 16.6 Å². The Labute approximate surface area is 107 Å². The van der Waals surface area contributed by atoms with E-state index in [1.54, 1.807) is 0 Å². The van der Waals surface area contributed by atoms with E-state index < -0.39 is 0 Å². The summed E-state index contributed by atoms with van der Waals surface area (Å²) in [4.78, 5) is 0. The van der Waals surface area contributed by atoms with Crippen molar-refractivity contribution in [3.8, 4) is 6.07 Å². The van der Waals surface area contributed by atoms with E-state index in [0.29, 0.717) is 11.7 Å². The number of nitrogens with zero attached hydrogens (tertiary/aromatic N) is 2. The average molecular weight is 253 g/mol. The lowest BCUT2D eigenvalue weighted by molar-refractivity contribution is 0.0765. The van der Waals surface area contributed by atoms with E-state index >= 15 is 0 Å². The topological polar surface area (TPSA) is 57.9 Å². The standard InChI is InChI=1S/C12H19N3OS/c1-9(2)16-7-5-4-6-14-12-11(8-13)10(3)15-17-12/h9,14H,4-7H2,1-3H3. The number of ether oxygens (including phenoxy) is 1. The molecule has 0 saturated heterocycles. The number of aromatic nitrogens is 1. The summed E-state index contributed by atoms with van der Waals surface area (Å²) in [7, 11) is 0. The van der Waals surface area contributed by atoms with E-state index in [9.17, 15) is 0 Å². The first-order chi connectivity index (χ1) is 8.15. The van der Waals surface area contributed by atoms with Crippen LogP contribution in [0.4, 0.5) is 5.00 Å².